The smallest absolute Gasteiger partial charge is 0.326 e. The minimum Gasteiger partial charge on any atom is -0.480 e. The van der Waals surface area contributed by atoms with Crippen molar-refractivity contribution in [1.29, 1.82) is 0 Å². The first-order valence-corrected chi connectivity index (χ1v) is 5.01. The molecule has 88 valence electrons. The molecule has 0 unspecified atom stereocenters. The Hall–Kier alpha value is -1.85. The van der Waals surface area contributed by atoms with Gasteiger partial charge in [0.05, 0.1) is 0 Å². The van der Waals surface area contributed by atoms with Gasteiger partial charge < -0.3 is 14.9 Å². The number of aromatic nitrogens is 1. The molecule has 0 aliphatic carbocycles. The summed E-state index contributed by atoms with van der Waals surface area (Å²) < 4.78 is 4.73. The SMILES string of the molecule is CCC[C@@H](NC(=O)c1cc(C)on1)C(=O)O. The van der Waals surface area contributed by atoms with Crippen LogP contribution in [0.3, 0.4) is 0 Å². The van der Waals surface area contributed by atoms with Gasteiger partial charge in [0.1, 0.15) is 11.8 Å². The van der Waals surface area contributed by atoms with Crippen LogP contribution in [0.25, 0.3) is 0 Å². The summed E-state index contributed by atoms with van der Waals surface area (Å²) in [5.74, 6) is -1.07. The van der Waals surface area contributed by atoms with Gasteiger partial charge in [0.15, 0.2) is 5.69 Å². The van der Waals surface area contributed by atoms with Crippen LogP contribution in [0.1, 0.15) is 36.0 Å². The maximum atomic E-state index is 11.6. The van der Waals surface area contributed by atoms with Crippen LogP contribution in [0.15, 0.2) is 10.6 Å². The molecular formula is C10H14N2O4. The van der Waals surface area contributed by atoms with Crippen molar-refractivity contribution in [2.24, 2.45) is 0 Å². The Balaban J connectivity index is 2.65. The molecule has 0 saturated carbocycles. The van der Waals surface area contributed by atoms with Gasteiger partial charge in [0.25, 0.3) is 5.91 Å². The molecule has 6 heteroatoms. The topological polar surface area (TPSA) is 92.4 Å². The van der Waals surface area contributed by atoms with Crippen molar-refractivity contribution in [1.82, 2.24) is 10.5 Å². The average molecular weight is 226 g/mol. The number of nitrogens with zero attached hydrogens (tertiary/aromatic N) is 1. The fourth-order valence-electron chi connectivity index (χ4n) is 1.25. The summed E-state index contributed by atoms with van der Waals surface area (Å²) in [5, 5.41) is 14.7. The molecule has 1 rings (SSSR count). The van der Waals surface area contributed by atoms with Crippen LogP contribution in [0.5, 0.6) is 0 Å². The van der Waals surface area contributed by atoms with Crippen molar-refractivity contribution in [3.05, 3.63) is 17.5 Å². The molecule has 1 aromatic rings. The lowest BCUT2D eigenvalue weighted by atomic mass is 10.1. The van der Waals surface area contributed by atoms with E-state index in [0.29, 0.717) is 18.6 Å². The van der Waals surface area contributed by atoms with E-state index in [1.165, 1.54) is 6.07 Å². The lowest BCUT2D eigenvalue weighted by Gasteiger charge is -2.11. The molecule has 0 bridgehead atoms. The van der Waals surface area contributed by atoms with Gasteiger partial charge in [0.2, 0.25) is 0 Å². The van der Waals surface area contributed by atoms with Crippen molar-refractivity contribution < 1.29 is 19.2 Å². The van der Waals surface area contributed by atoms with Gasteiger partial charge in [-0.1, -0.05) is 18.5 Å². The first-order valence-electron chi connectivity index (χ1n) is 5.01. The third-order valence-electron chi connectivity index (χ3n) is 2.04. The van der Waals surface area contributed by atoms with Crippen LogP contribution in [0.4, 0.5) is 0 Å². The summed E-state index contributed by atoms with van der Waals surface area (Å²) in [6.07, 6.45) is 1.06. The van der Waals surface area contributed by atoms with Crippen molar-refractivity contribution in [2.45, 2.75) is 32.7 Å². The Morgan fingerprint density at radius 2 is 2.31 bits per heavy atom. The molecule has 1 aromatic heterocycles. The quantitative estimate of drug-likeness (QED) is 0.780. The fourth-order valence-corrected chi connectivity index (χ4v) is 1.25. The normalized spacial score (nSPS) is 12.1. The molecule has 0 aromatic carbocycles. The monoisotopic (exact) mass is 226 g/mol. The number of aryl methyl sites for hydroxylation is 1. The number of carbonyl (C=O) groups is 2. The average Bonchev–Trinajstić information content (AvgIpc) is 2.64. The Morgan fingerprint density at radius 1 is 1.62 bits per heavy atom. The summed E-state index contributed by atoms with van der Waals surface area (Å²) in [5.41, 5.74) is 0.0971. The zero-order chi connectivity index (χ0) is 12.1. The molecule has 6 nitrogen and oxygen atoms in total. The number of hydrogen-bond donors (Lipinski definition) is 2. The molecular weight excluding hydrogens is 212 g/mol. The van der Waals surface area contributed by atoms with E-state index in [1.54, 1.807) is 6.92 Å². The van der Waals surface area contributed by atoms with Crippen LogP contribution >= 0.6 is 0 Å². The van der Waals surface area contributed by atoms with Gasteiger partial charge in [0, 0.05) is 6.07 Å². The summed E-state index contributed by atoms with van der Waals surface area (Å²) in [4.78, 5) is 22.4. The molecule has 2 N–H and O–H groups in total. The van der Waals surface area contributed by atoms with Crippen molar-refractivity contribution in [2.75, 3.05) is 0 Å². The van der Waals surface area contributed by atoms with E-state index in [9.17, 15) is 9.59 Å². The highest BCUT2D eigenvalue weighted by Crippen LogP contribution is 2.03. The van der Waals surface area contributed by atoms with Crippen LogP contribution in [-0.2, 0) is 4.79 Å². The lowest BCUT2D eigenvalue weighted by molar-refractivity contribution is -0.139. The van der Waals surface area contributed by atoms with Crippen LogP contribution in [-0.4, -0.2) is 28.2 Å². The van der Waals surface area contributed by atoms with Crippen LogP contribution in [0.2, 0.25) is 0 Å². The van der Waals surface area contributed by atoms with Gasteiger partial charge >= 0.3 is 5.97 Å². The lowest BCUT2D eigenvalue weighted by Crippen LogP contribution is -2.40. The number of aliphatic carboxylic acids is 1. The van der Waals surface area contributed by atoms with Crippen LogP contribution < -0.4 is 5.32 Å². The van der Waals surface area contributed by atoms with Gasteiger partial charge in [-0.15, -0.1) is 0 Å². The van der Waals surface area contributed by atoms with Crippen molar-refractivity contribution in [3.8, 4) is 0 Å². The Kier molecular flexibility index (Phi) is 4.04. The summed E-state index contributed by atoms with van der Waals surface area (Å²) in [7, 11) is 0. The molecule has 16 heavy (non-hydrogen) atoms. The third kappa shape index (κ3) is 3.08. The molecule has 0 radical (unpaired) electrons. The second-order valence-electron chi connectivity index (χ2n) is 3.48. The van der Waals surface area contributed by atoms with E-state index in [1.807, 2.05) is 6.92 Å². The molecule has 1 amide bonds. The van der Waals surface area contributed by atoms with E-state index < -0.39 is 17.9 Å². The van der Waals surface area contributed by atoms with Crippen molar-refractivity contribution >= 4 is 11.9 Å². The number of amides is 1. The van der Waals surface area contributed by atoms with E-state index >= 15 is 0 Å². The zero-order valence-electron chi connectivity index (χ0n) is 9.19. The standard InChI is InChI=1S/C10H14N2O4/c1-3-4-7(10(14)15)11-9(13)8-5-6(2)16-12-8/h5,7H,3-4H2,1-2H3,(H,11,13)(H,14,15)/t7-/m1/s1. The van der Waals surface area contributed by atoms with Gasteiger partial charge in [-0.2, -0.15) is 0 Å². The maximum absolute atomic E-state index is 11.6. The summed E-state index contributed by atoms with van der Waals surface area (Å²) in [6.45, 7) is 3.51. The second kappa shape index (κ2) is 5.29. The molecule has 0 spiro atoms. The van der Waals surface area contributed by atoms with E-state index in [2.05, 4.69) is 10.5 Å². The second-order valence-corrected chi connectivity index (χ2v) is 3.48. The van der Waals surface area contributed by atoms with Crippen LogP contribution in [0, 0.1) is 6.92 Å². The van der Waals surface area contributed by atoms with E-state index in [4.69, 9.17) is 9.63 Å². The summed E-state index contributed by atoms with van der Waals surface area (Å²) in [6, 6.07) is 0.578. The van der Waals surface area contributed by atoms with E-state index in [0.717, 1.165) is 0 Å². The highest BCUT2D eigenvalue weighted by Gasteiger charge is 2.21. The Morgan fingerprint density at radius 3 is 2.75 bits per heavy atom. The number of carbonyl (C=O) groups excluding carboxylic acids is 1. The predicted molar refractivity (Wildman–Crippen MR) is 55.0 cm³/mol. The third-order valence-corrected chi connectivity index (χ3v) is 2.04. The number of hydrogen-bond acceptors (Lipinski definition) is 4. The van der Waals surface area contributed by atoms with Gasteiger partial charge in [-0.05, 0) is 13.3 Å². The minimum absolute atomic E-state index is 0.0971. The first-order chi connectivity index (χ1) is 7.54. The molecule has 0 saturated heterocycles. The minimum atomic E-state index is -1.05. The van der Waals surface area contributed by atoms with Crippen molar-refractivity contribution in [3.63, 3.8) is 0 Å². The molecule has 0 aliphatic rings. The Bertz CT molecular complexity index is 386. The Labute approximate surface area is 92.6 Å². The molecule has 0 fully saturated rings. The fraction of sp³-hybridized carbons (Fsp3) is 0.500. The zero-order valence-corrected chi connectivity index (χ0v) is 9.19. The molecule has 1 atom stereocenters. The number of carboxylic acid groups (broad SMARTS) is 1. The predicted octanol–water partition coefficient (Wildman–Crippen LogP) is 0.966. The largest absolute Gasteiger partial charge is 0.480 e. The van der Waals surface area contributed by atoms with Gasteiger partial charge in [-0.25, -0.2) is 4.79 Å². The number of carboxylic acids is 1. The number of rotatable bonds is 5. The summed E-state index contributed by atoms with van der Waals surface area (Å²) >= 11 is 0. The number of nitrogens with one attached hydrogen (secondary N) is 1. The molecule has 1 heterocycles. The highest BCUT2D eigenvalue weighted by molar-refractivity contribution is 5.94. The first kappa shape index (κ1) is 12.2. The van der Waals surface area contributed by atoms with Gasteiger partial charge in [-0.3, -0.25) is 4.79 Å². The van der Waals surface area contributed by atoms with E-state index in [-0.39, 0.29) is 5.69 Å². The molecule has 0 aliphatic heterocycles. The highest BCUT2D eigenvalue weighted by atomic mass is 16.5. The maximum Gasteiger partial charge on any atom is 0.326 e.